The molecule has 0 aromatic heterocycles. The highest BCUT2D eigenvalue weighted by atomic mass is 16.6. The van der Waals surface area contributed by atoms with E-state index in [0.29, 0.717) is 39.6 Å². The lowest BCUT2D eigenvalue weighted by atomic mass is 10.1. The Kier molecular flexibility index (Phi) is 10.9. The van der Waals surface area contributed by atoms with Crippen LogP contribution in [0.25, 0.3) is 0 Å². The molecule has 20 heavy (non-hydrogen) atoms. The quantitative estimate of drug-likeness (QED) is 0.515. The Hall–Kier alpha value is -0.490. The fourth-order valence-corrected chi connectivity index (χ4v) is 1.19. The normalized spacial score (nSPS) is 12.1. The summed E-state index contributed by atoms with van der Waals surface area (Å²) in [6, 6.07) is 0. The largest absolute Gasteiger partial charge is 0.377 e. The number of ether oxygens (including phenoxy) is 4. The van der Waals surface area contributed by atoms with Crippen molar-refractivity contribution in [3.63, 3.8) is 0 Å². The maximum atomic E-state index is 11.3. The van der Waals surface area contributed by atoms with Gasteiger partial charge < -0.3 is 18.9 Å². The van der Waals surface area contributed by atoms with Crippen LogP contribution in [0, 0.1) is 5.92 Å². The van der Waals surface area contributed by atoms with E-state index in [9.17, 15) is 4.79 Å². The lowest BCUT2D eigenvalue weighted by molar-refractivity contribution is -0.127. The van der Waals surface area contributed by atoms with Crippen molar-refractivity contribution in [3.05, 3.63) is 0 Å². The van der Waals surface area contributed by atoms with Gasteiger partial charge in [0.2, 0.25) is 0 Å². The molecular weight excluding hydrogens is 260 g/mol. The fraction of sp³-hybridized carbons (Fsp3) is 0.933. The summed E-state index contributed by atoms with van der Waals surface area (Å²) in [5.74, 6) is 0.145. The van der Waals surface area contributed by atoms with E-state index in [0.717, 1.165) is 0 Å². The van der Waals surface area contributed by atoms with Crippen LogP contribution in [0.3, 0.4) is 0 Å². The van der Waals surface area contributed by atoms with Crippen molar-refractivity contribution in [2.45, 2.75) is 40.2 Å². The van der Waals surface area contributed by atoms with Gasteiger partial charge in [0.1, 0.15) is 6.61 Å². The second kappa shape index (κ2) is 11.2. The van der Waals surface area contributed by atoms with Crippen LogP contribution in [0.5, 0.6) is 0 Å². The van der Waals surface area contributed by atoms with E-state index >= 15 is 0 Å². The minimum Gasteiger partial charge on any atom is -0.377 e. The number of carbonyl (C=O) groups is 1. The van der Waals surface area contributed by atoms with Gasteiger partial charge in [-0.2, -0.15) is 0 Å². The molecule has 0 aromatic rings. The third-order valence-corrected chi connectivity index (χ3v) is 2.40. The van der Waals surface area contributed by atoms with Crippen molar-refractivity contribution < 1.29 is 23.7 Å². The fourth-order valence-electron chi connectivity index (χ4n) is 1.19. The van der Waals surface area contributed by atoms with Crippen LogP contribution in [-0.2, 0) is 23.7 Å². The Morgan fingerprint density at radius 3 is 1.75 bits per heavy atom. The third-order valence-electron chi connectivity index (χ3n) is 2.40. The van der Waals surface area contributed by atoms with Crippen molar-refractivity contribution >= 4 is 5.78 Å². The van der Waals surface area contributed by atoms with Crippen molar-refractivity contribution in [2.75, 3.05) is 46.2 Å². The van der Waals surface area contributed by atoms with Gasteiger partial charge >= 0.3 is 0 Å². The highest BCUT2D eigenvalue weighted by Crippen LogP contribution is 2.05. The van der Waals surface area contributed by atoms with Gasteiger partial charge in [-0.3, -0.25) is 4.79 Å². The molecule has 0 N–H and O–H groups in total. The van der Waals surface area contributed by atoms with Gasteiger partial charge in [-0.15, -0.1) is 0 Å². The summed E-state index contributed by atoms with van der Waals surface area (Å²) in [6.07, 6.45) is 0. The van der Waals surface area contributed by atoms with Gasteiger partial charge in [-0.1, -0.05) is 13.8 Å². The van der Waals surface area contributed by atoms with Crippen LogP contribution in [0.4, 0.5) is 0 Å². The van der Waals surface area contributed by atoms with Gasteiger partial charge in [0.15, 0.2) is 5.78 Å². The molecule has 5 nitrogen and oxygen atoms in total. The Balaban J connectivity index is 3.16. The smallest absolute Gasteiger partial charge is 0.160 e. The van der Waals surface area contributed by atoms with E-state index < -0.39 is 0 Å². The number of carbonyl (C=O) groups excluding carboxylic acids is 1. The third kappa shape index (κ3) is 13.9. The van der Waals surface area contributed by atoms with Crippen LogP contribution >= 0.6 is 0 Å². The van der Waals surface area contributed by atoms with Crippen LogP contribution in [-0.4, -0.2) is 57.6 Å². The highest BCUT2D eigenvalue weighted by Gasteiger charge is 2.08. The van der Waals surface area contributed by atoms with E-state index in [2.05, 4.69) is 0 Å². The summed E-state index contributed by atoms with van der Waals surface area (Å²) < 4.78 is 21.4. The van der Waals surface area contributed by atoms with E-state index in [1.165, 1.54) is 0 Å². The summed E-state index contributed by atoms with van der Waals surface area (Å²) in [4.78, 5) is 11.3. The highest BCUT2D eigenvalue weighted by molar-refractivity contribution is 5.81. The van der Waals surface area contributed by atoms with E-state index in [1.807, 2.05) is 34.6 Å². The maximum absolute atomic E-state index is 11.3. The average molecular weight is 290 g/mol. The zero-order valence-electron chi connectivity index (χ0n) is 13.6. The molecule has 0 radical (unpaired) electrons. The lowest BCUT2D eigenvalue weighted by Crippen LogP contribution is -2.22. The van der Waals surface area contributed by atoms with Crippen LogP contribution in [0.15, 0.2) is 0 Å². The molecule has 0 fully saturated rings. The van der Waals surface area contributed by atoms with Crippen LogP contribution in [0.1, 0.15) is 34.6 Å². The summed E-state index contributed by atoms with van der Waals surface area (Å²) in [5.41, 5.74) is -0.120. The topological polar surface area (TPSA) is 54.0 Å². The molecule has 0 amide bonds. The molecule has 0 bridgehead atoms. The molecule has 0 atom stereocenters. The van der Waals surface area contributed by atoms with E-state index in [1.54, 1.807) is 0 Å². The SMILES string of the molecule is CC(C)C(=O)COCCOCCOCCOC(C)(C)C. The Bertz CT molecular complexity index is 245. The van der Waals surface area contributed by atoms with Crippen molar-refractivity contribution in [1.29, 1.82) is 0 Å². The number of hydrogen-bond donors (Lipinski definition) is 0. The number of rotatable bonds is 12. The van der Waals surface area contributed by atoms with Crippen LogP contribution < -0.4 is 0 Å². The molecule has 0 unspecified atom stereocenters. The first-order chi connectivity index (χ1) is 9.33. The summed E-state index contributed by atoms with van der Waals surface area (Å²) in [6.45, 7) is 13.1. The first-order valence-electron chi connectivity index (χ1n) is 7.23. The summed E-state index contributed by atoms with van der Waals surface area (Å²) >= 11 is 0. The second-order valence-corrected chi connectivity index (χ2v) is 5.86. The number of Topliss-reactive ketones (excluding diaryl/α,β-unsaturated/α-hetero) is 1. The minimum atomic E-state index is -0.120. The van der Waals surface area contributed by atoms with Gasteiger partial charge in [0.05, 0.1) is 45.2 Å². The summed E-state index contributed by atoms with van der Waals surface area (Å²) in [5, 5.41) is 0. The van der Waals surface area contributed by atoms with Crippen molar-refractivity contribution in [3.8, 4) is 0 Å². The molecule has 120 valence electrons. The first kappa shape index (κ1) is 19.5. The minimum absolute atomic E-state index is 0.0274. The monoisotopic (exact) mass is 290 g/mol. The predicted octanol–water partition coefficient (Wildman–Crippen LogP) is 2.08. The zero-order valence-corrected chi connectivity index (χ0v) is 13.6. The predicted molar refractivity (Wildman–Crippen MR) is 78.0 cm³/mol. The van der Waals surface area contributed by atoms with Gasteiger partial charge in [-0.05, 0) is 20.8 Å². The number of ketones is 1. The van der Waals surface area contributed by atoms with Crippen LogP contribution in [0.2, 0.25) is 0 Å². The molecule has 0 aliphatic carbocycles. The molecule has 0 saturated carbocycles. The van der Waals surface area contributed by atoms with Crippen molar-refractivity contribution in [1.82, 2.24) is 0 Å². The average Bonchev–Trinajstić information content (AvgIpc) is 2.34. The Labute approximate surface area is 122 Å². The zero-order chi connectivity index (χ0) is 15.4. The first-order valence-corrected chi connectivity index (χ1v) is 7.23. The van der Waals surface area contributed by atoms with Gasteiger partial charge in [-0.25, -0.2) is 0 Å². The number of hydrogen-bond acceptors (Lipinski definition) is 5. The van der Waals surface area contributed by atoms with E-state index in [4.69, 9.17) is 18.9 Å². The standard InChI is InChI=1S/C15H30O5/c1-13(2)14(16)12-19-9-8-17-6-7-18-10-11-20-15(3,4)5/h13H,6-12H2,1-5H3. The summed E-state index contributed by atoms with van der Waals surface area (Å²) in [7, 11) is 0. The molecule has 0 saturated heterocycles. The molecule has 0 aromatic carbocycles. The molecular formula is C15H30O5. The Morgan fingerprint density at radius 1 is 0.850 bits per heavy atom. The van der Waals surface area contributed by atoms with Crippen molar-refractivity contribution in [2.24, 2.45) is 5.92 Å². The molecule has 0 heterocycles. The lowest BCUT2D eigenvalue weighted by Gasteiger charge is -2.19. The van der Waals surface area contributed by atoms with Gasteiger partial charge in [0, 0.05) is 5.92 Å². The second-order valence-electron chi connectivity index (χ2n) is 5.86. The molecule has 5 heteroatoms. The Morgan fingerprint density at radius 2 is 1.30 bits per heavy atom. The maximum Gasteiger partial charge on any atom is 0.160 e. The van der Waals surface area contributed by atoms with E-state index in [-0.39, 0.29) is 23.9 Å². The molecule has 0 rings (SSSR count). The molecule has 0 aliphatic rings. The van der Waals surface area contributed by atoms with Gasteiger partial charge in [0.25, 0.3) is 0 Å². The molecule has 0 aliphatic heterocycles. The molecule has 0 spiro atoms.